The molecule has 3 N–H and O–H groups in total. The second-order valence-electron chi connectivity index (χ2n) is 6.38. The fourth-order valence-corrected chi connectivity index (χ4v) is 2.31. The maximum atomic E-state index is 11.7. The van der Waals surface area contributed by atoms with E-state index in [1.807, 2.05) is 31.2 Å². The molecule has 0 unspecified atom stereocenters. The van der Waals surface area contributed by atoms with Gasteiger partial charge in [-0.05, 0) is 39.8 Å². The van der Waals surface area contributed by atoms with E-state index in [4.69, 9.17) is 4.74 Å². The van der Waals surface area contributed by atoms with E-state index in [1.54, 1.807) is 20.8 Å². The minimum absolute atomic E-state index is 0.0324. The molecule has 0 heterocycles. The van der Waals surface area contributed by atoms with Crippen molar-refractivity contribution < 1.29 is 19.1 Å². The zero-order chi connectivity index (χ0) is 18.9. The molecule has 1 rings (SSSR count). The first-order valence-electron chi connectivity index (χ1n) is 7.90. The monoisotopic (exact) mass is 367 g/mol. The lowest BCUT2D eigenvalue weighted by Crippen LogP contribution is -2.43. The molecule has 0 saturated carbocycles. The summed E-state index contributed by atoms with van der Waals surface area (Å²) in [6.07, 6.45) is -0.552. The molecule has 0 spiro atoms. The van der Waals surface area contributed by atoms with Gasteiger partial charge in [-0.15, -0.1) is 11.8 Å². The highest BCUT2D eigenvalue weighted by atomic mass is 32.2. The molecule has 1 aromatic rings. The lowest BCUT2D eigenvalue weighted by molar-refractivity contribution is -0.127. The van der Waals surface area contributed by atoms with E-state index >= 15 is 0 Å². The van der Waals surface area contributed by atoms with Gasteiger partial charge in [0.15, 0.2) is 0 Å². The quantitative estimate of drug-likeness (QED) is 0.529. The van der Waals surface area contributed by atoms with Gasteiger partial charge in [-0.3, -0.25) is 20.4 Å². The predicted octanol–water partition coefficient (Wildman–Crippen LogP) is 2.15. The number of carbonyl (C=O) groups excluding carboxylic acids is 3. The molecular weight excluding hydrogens is 342 g/mol. The van der Waals surface area contributed by atoms with E-state index in [-0.39, 0.29) is 24.6 Å². The molecule has 0 aliphatic heterocycles. The number of amides is 3. The standard InChI is InChI=1S/C17H25N3O4S/c1-12-5-7-13(8-6-12)25-11-15(22)20-19-14(21)9-10-18-16(23)24-17(2,3)4/h5-8H,9-11H2,1-4H3,(H,18,23)(H,19,21)(H,20,22). The molecule has 25 heavy (non-hydrogen) atoms. The van der Waals surface area contributed by atoms with Crippen molar-refractivity contribution in [3.63, 3.8) is 0 Å². The van der Waals surface area contributed by atoms with Crippen molar-refractivity contribution >= 4 is 29.7 Å². The highest BCUT2D eigenvalue weighted by Gasteiger charge is 2.15. The Morgan fingerprint density at radius 1 is 1.04 bits per heavy atom. The molecule has 0 aliphatic rings. The lowest BCUT2D eigenvalue weighted by atomic mass is 10.2. The second-order valence-corrected chi connectivity index (χ2v) is 7.43. The first-order valence-corrected chi connectivity index (χ1v) is 8.88. The summed E-state index contributed by atoms with van der Waals surface area (Å²) >= 11 is 1.38. The van der Waals surface area contributed by atoms with Crippen molar-refractivity contribution in [1.82, 2.24) is 16.2 Å². The van der Waals surface area contributed by atoms with E-state index in [0.717, 1.165) is 10.5 Å². The van der Waals surface area contributed by atoms with E-state index in [0.29, 0.717) is 0 Å². The molecule has 138 valence electrons. The molecule has 0 aliphatic carbocycles. The molecule has 0 saturated heterocycles. The van der Waals surface area contributed by atoms with E-state index in [9.17, 15) is 14.4 Å². The van der Waals surface area contributed by atoms with Gasteiger partial charge >= 0.3 is 6.09 Å². The molecule has 0 bridgehead atoms. The summed E-state index contributed by atoms with van der Waals surface area (Å²) in [6, 6.07) is 7.82. The number of hydrazine groups is 1. The largest absolute Gasteiger partial charge is 0.444 e. The number of thioether (sulfide) groups is 1. The van der Waals surface area contributed by atoms with Gasteiger partial charge in [0.2, 0.25) is 11.8 Å². The summed E-state index contributed by atoms with van der Waals surface area (Å²) < 4.78 is 5.04. The number of nitrogens with one attached hydrogen (secondary N) is 3. The number of rotatable bonds is 6. The maximum absolute atomic E-state index is 11.7. The van der Waals surface area contributed by atoms with Crippen LogP contribution >= 0.6 is 11.8 Å². The molecule has 0 aromatic heterocycles. The van der Waals surface area contributed by atoms with Crippen LogP contribution < -0.4 is 16.2 Å². The fraction of sp³-hybridized carbons (Fsp3) is 0.471. The number of ether oxygens (including phenoxy) is 1. The number of hydrogen-bond donors (Lipinski definition) is 3. The van der Waals surface area contributed by atoms with Crippen molar-refractivity contribution in [2.45, 2.75) is 44.6 Å². The van der Waals surface area contributed by atoms with E-state index in [1.165, 1.54) is 11.8 Å². The predicted molar refractivity (Wildman–Crippen MR) is 97.0 cm³/mol. The van der Waals surface area contributed by atoms with Gasteiger partial charge in [0.1, 0.15) is 5.60 Å². The molecule has 0 atom stereocenters. The van der Waals surface area contributed by atoms with Gasteiger partial charge in [0, 0.05) is 17.9 Å². The normalized spacial score (nSPS) is 10.7. The average Bonchev–Trinajstić information content (AvgIpc) is 2.50. The lowest BCUT2D eigenvalue weighted by Gasteiger charge is -2.19. The Morgan fingerprint density at radius 2 is 1.64 bits per heavy atom. The SMILES string of the molecule is Cc1ccc(SCC(=O)NNC(=O)CCNC(=O)OC(C)(C)C)cc1. The number of hydrogen-bond acceptors (Lipinski definition) is 5. The molecule has 0 fully saturated rings. The molecular formula is C17H25N3O4S. The van der Waals surface area contributed by atoms with E-state index in [2.05, 4.69) is 16.2 Å². The van der Waals surface area contributed by atoms with Crippen LogP contribution in [0.1, 0.15) is 32.8 Å². The molecule has 3 amide bonds. The molecule has 0 radical (unpaired) electrons. The Morgan fingerprint density at radius 3 is 2.24 bits per heavy atom. The average molecular weight is 367 g/mol. The fourth-order valence-electron chi connectivity index (χ4n) is 1.61. The number of aryl methyl sites for hydroxylation is 1. The van der Waals surface area contributed by atoms with E-state index < -0.39 is 17.6 Å². The summed E-state index contributed by atoms with van der Waals surface area (Å²) in [5, 5.41) is 2.47. The Kier molecular flexibility index (Phi) is 8.27. The van der Waals surface area contributed by atoms with Gasteiger partial charge in [-0.2, -0.15) is 0 Å². The smallest absolute Gasteiger partial charge is 0.407 e. The minimum atomic E-state index is -0.588. The zero-order valence-corrected chi connectivity index (χ0v) is 15.8. The van der Waals surface area contributed by atoms with Crippen LogP contribution in [0.2, 0.25) is 0 Å². The zero-order valence-electron chi connectivity index (χ0n) is 15.0. The number of alkyl carbamates (subject to hydrolysis) is 1. The van der Waals surface area contributed by atoms with Crippen LogP contribution in [0.4, 0.5) is 4.79 Å². The van der Waals surface area contributed by atoms with Crippen LogP contribution in [0.25, 0.3) is 0 Å². The van der Waals surface area contributed by atoms with Crippen LogP contribution in [-0.4, -0.2) is 35.8 Å². The molecule has 7 nitrogen and oxygen atoms in total. The van der Waals surface area contributed by atoms with Crippen LogP contribution in [0.15, 0.2) is 29.2 Å². The van der Waals surface area contributed by atoms with Crippen molar-refractivity contribution in [3.8, 4) is 0 Å². The Hall–Kier alpha value is -2.22. The third-order valence-electron chi connectivity index (χ3n) is 2.75. The highest BCUT2D eigenvalue weighted by Crippen LogP contribution is 2.17. The van der Waals surface area contributed by atoms with Crippen LogP contribution in [0.3, 0.4) is 0 Å². The first kappa shape index (κ1) is 20.8. The minimum Gasteiger partial charge on any atom is -0.444 e. The van der Waals surface area contributed by atoms with Crippen LogP contribution in [0.5, 0.6) is 0 Å². The maximum Gasteiger partial charge on any atom is 0.407 e. The second kappa shape index (κ2) is 9.93. The Bertz CT molecular complexity index is 597. The van der Waals surface area contributed by atoms with Crippen molar-refractivity contribution in [2.75, 3.05) is 12.3 Å². The summed E-state index contributed by atoms with van der Waals surface area (Å²) in [6.45, 7) is 7.37. The summed E-state index contributed by atoms with van der Waals surface area (Å²) in [5.41, 5.74) is 5.21. The Balaban J connectivity index is 2.15. The summed E-state index contributed by atoms with van der Waals surface area (Å²) in [5.74, 6) is -0.511. The van der Waals surface area contributed by atoms with Crippen molar-refractivity contribution in [1.29, 1.82) is 0 Å². The third-order valence-corrected chi connectivity index (χ3v) is 3.76. The van der Waals surface area contributed by atoms with Crippen molar-refractivity contribution in [2.24, 2.45) is 0 Å². The van der Waals surface area contributed by atoms with Gasteiger partial charge in [-0.25, -0.2) is 4.79 Å². The van der Waals surface area contributed by atoms with Gasteiger partial charge in [0.25, 0.3) is 0 Å². The number of carbonyl (C=O) groups is 3. The molecule has 8 heteroatoms. The van der Waals surface area contributed by atoms with Crippen LogP contribution in [0, 0.1) is 6.92 Å². The van der Waals surface area contributed by atoms with Gasteiger partial charge < -0.3 is 10.1 Å². The first-order chi connectivity index (χ1) is 11.7. The van der Waals surface area contributed by atoms with Gasteiger partial charge in [0.05, 0.1) is 5.75 Å². The highest BCUT2D eigenvalue weighted by molar-refractivity contribution is 8.00. The van der Waals surface area contributed by atoms with Gasteiger partial charge in [-0.1, -0.05) is 17.7 Å². The Labute approximate surface area is 152 Å². The summed E-state index contributed by atoms with van der Waals surface area (Å²) in [4.78, 5) is 35.7. The molecule has 1 aromatic carbocycles. The summed E-state index contributed by atoms with van der Waals surface area (Å²) in [7, 11) is 0. The van der Waals surface area contributed by atoms with Crippen molar-refractivity contribution in [3.05, 3.63) is 29.8 Å². The topological polar surface area (TPSA) is 96.5 Å². The van der Waals surface area contributed by atoms with Crippen LogP contribution in [-0.2, 0) is 14.3 Å². The number of benzene rings is 1. The third kappa shape index (κ3) is 10.3.